The second kappa shape index (κ2) is 5.47. The summed E-state index contributed by atoms with van der Waals surface area (Å²) in [7, 11) is 0. The predicted octanol–water partition coefficient (Wildman–Crippen LogP) is 3.40. The second-order valence-corrected chi connectivity index (χ2v) is 4.34. The molecule has 1 nitrogen and oxygen atoms in total. The van der Waals surface area contributed by atoms with Gasteiger partial charge in [0.05, 0.1) is 5.02 Å². The van der Waals surface area contributed by atoms with Crippen LogP contribution in [0.4, 0.5) is 4.39 Å². The fraction of sp³-hybridized carbons (Fsp3) is 0.500. The van der Waals surface area contributed by atoms with Gasteiger partial charge in [0, 0.05) is 6.04 Å². The maximum atomic E-state index is 13.1. The zero-order valence-electron chi connectivity index (χ0n) is 9.13. The molecule has 0 fully saturated rings. The van der Waals surface area contributed by atoms with Gasteiger partial charge in [0.1, 0.15) is 5.82 Å². The Balaban J connectivity index is 2.76. The lowest BCUT2D eigenvalue weighted by Gasteiger charge is -2.18. The number of hydrogen-bond acceptors (Lipinski definition) is 1. The smallest absolute Gasteiger partial charge is 0.142 e. The van der Waals surface area contributed by atoms with E-state index < -0.39 is 0 Å². The fourth-order valence-corrected chi connectivity index (χ4v) is 1.81. The Labute approximate surface area is 95.4 Å². The number of hydrogen-bond donors (Lipinski definition) is 1. The molecule has 0 aliphatic heterocycles. The molecule has 84 valence electrons. The van der Waals surface area contributed by atoms with Crippen molar-refractivity contribution < 1.29 is 4.39 Å². The van der Waals surface area contributed by atoms with E-state index in [0.29, 0.717) is 5.92 Å². The second-order valence-electron chi connectivity index (χ2n) is 3.97. The molecule has 0 aliphatic rings. The van der Waals surface area contributed by atoms with Gasteiger partial charge in [-0.25, -0.2) is 4.39 Å². The molecule has 0 saturated heterocycles. The van der Waals surface area contributed by atoms with Crippen LogP contribution in [0.1, 0.15) is 25.8 Å². The van der Waals surface area contributed by atoms with Crippen LogP contribution in [0, 0.1) is 11.7 Å². The van der Waals surface area contributed by atoms with Gasteiger partial charge in [-0.3, -0.25) is 0 Å². The molecule has 2 N–H and O–H groups in total. The average Bonchev–Trinajstić information content (AvgIpc) is 2.23. The van der Waals surface area contributed by atoms with Gasteiger partial charge in [0.25, 0.3) is 0 Å². The van der Waals surface area contributed by atoms with Crippen molar-refractivity contribution >= 4 is 11.6 Å². The normalized spacial score (nSPS) is 15.0. The van der Waals surface area contributed by atoms with Gasteiger partial charge in [0.15, 0.2) is 0 Å². The first kappa shape index (κ1) is 12.5. The van der Waals surface area contributed by atoms with E-state index in [2.05, 4.69) is 6.92 Å². The highest BCUT2D eigenvalue weighted by molar-refractivity contribution is 6.31. The van der Waals surface area contributed by atoms with Crippen molar-refractivity contribution in [2.75, 3.05) is 0 Å². The van der Waals surface area contributed by atoms with Crippen molar-refractivity contribution in [1.29, 1.82) is 0 Å². The molecule has 0 aromatic heterocycles. The Morgan fingerprint density at radius 2 is 2.13 bits per heavy atom. The topological polar surface area (TPSA) is 26.0 Å². The van der Waals surface area contributed by atoms with E-state index in [9.17, 15) is 4.39 Å². The average molecular weight is 230 g/mol. The van der Waals surface area contributed by atoms with E-state index in [1.165, 1.54) is 6.07 Å². The standard InChI is InChI=1S/C12H17ClFN/c1-3-11(15)8(2)7-9-5-4-6-10(14)12(9)13/h4-6,8,11H,3,7,15H2,1-2H3. The first-order valence-corrected chi connectivity index (χ1v) is 5.62. The number of rotatable bonds is 4. The summed E-state index contributed by atoms with van der Waals surface area (Å²) in [4.78, 5) is 0. The zero-order valence-corrected chi connectivity index (χ0v) is 9.89. The molecule has 0 bridgehead atoms. The molecule has 0 radical (unpaired) electrons. The molecule has 2 unspecified atom stereocenters. The van der Waals surface area contributed by atoms with Crippen molar-refractivity contribution in [3.63, 3.8) is 0 Å². The summed E-state index contributed by atoms with van der Waals surface area (Å²) in [6.45, 7) is 4.11. The van der Waals surface area contributed by atoms with E-state index in [-0.39, 0.29) is 16.9 Å². The van der Waals surface area contributed by atoms with E-state index in [4.69, 9.17) is 17.3 Å². The number of halogens is 2. The van der Waals surface area contributed by atoms with Gasteiger partial charge in [-0.1, -0.05) is 37.6 Å². The molecule has 0 amide bonds. The van der Waals surface area contributed by atoms with Gasteiger partial charge in [-0.2, -0.15) is 0 Å². The largest absolute Gasteiger partial charge is 0.327 e. The summed E-state index contributed by atoms with van der Waals surface area (Å²) < 4.78 is 13.1. The highest BCUT2D eigenvalue weighted by Gasteiger charge is 2.14. The molecule has 0 aliphatic carbocycles. The first-order valence-electron chi connectivity index (χ1n) is 5.24. The maximum absolute atomic E-state index is 13.1. The predicted molar refractivity (Wildman–Crippen MR) is 62.5 cm³/mol. The van der Waals surface area contributed by atoms with E-state index >= 15 is 0 Å². The summed E-state index contributed by atoms with van der Waals surface area (Å²) >= 11 is 5.87. The summed E-state index contributed by atoms with van der Waals surface area (Å²) in [5.41, 5.74) is 6.76. The molecule has 0 heterocycles. The van der Waals surface area contributed by atoms with Crippen LogP contribution in [0.3, 0.4) is 0 Å². The van der Waals surface area contributed by atoms with Crippen molar-refractivity contribution in [1.82, 2.24) is 0 Å². The van der Waals surface area contributed by atoms with E-state index in [0.717, 1.165) is 18.4 Å². The molecule has 3 heteroatoms. The van der Waals surface area contributed by atoms with Gasteiger partial charge in [-0.15, -0.1) is 0 Å². The van der Waals surface area contributed by atoms with Crippen molar-refractivity contribution in [3.05, 3.63) is 34.6 Å². The number of nitrogens with two attached hydrogens (primary N) is 1. The lowest BCUT2D eigenvalue weighted by Crippen LogP contribution is -2.28. The third-order valence-electron chi connectivity index (χ3n) is 2.78. The molecule has 15 heavy (non-hydrogen) atoms. The minimum absolute atomic E-state index is 0.143. The monoisotopic (exact) mass is 229 g/mol. The highest BCUT2D eigenvalue weighted by atomic mass is 35.5. The van der Waals surface area contributed by atoms with Crippen molar-refractivity contribution in [3.8, 4) is 0 Å². The van der Waals surface area contributed by atoms with Crippen LogP contribution in [0.2, 0.25) is 5.02 Å². The number of benzene rings is 1. The Kier molecular flexibility index (Phi) is 4.55. The third kappa shape index (κ3) is 3.18. The maximum Gasteiger partial charge on any atom is 0.142 e. The minimum Gasteiger partial charge on any atom is -0.327 e. The summed E-state index contributed by atoms with van der Waals surface area (Å²) in [5, 5.41) is 0.229. The quantitative estimate of drug-likeness (QED) is 0.842. The zero-order chi connectivity index (χ0) is 11.4. The molecule has 1 rings (SSSR count). The fourth-order valence-electron chi connectivity index (χ4n) is 1.61. The molecule has 1 aromatic rings. The molecular weight excluding hydrogens is 213 g/mol. The van der Waals surface area contributed by atoms with Crippen molar-refractivity contribution in [2.24, 2.45) is 11.7 Å². The Morgan fingerprint density at radius 3 is 2.73 bits per heavy atom. The third-order valence-corrected chi connectivity index (χ3v) is 3.20. The Hall–Kier alpha value is -0.600. The van der Waals surface area contributed by atoms with Crippen LogP contribution >= 0.6 is 11.6 Å². The van der Waals surface area contributed by atoms with Crippen LogP contribution in [-0.2, 0) is 6.42 Å². The Bertz CT molecular complexity index is 327. The van der Waals surface area contributed by atoms with Crippen LogP contribution < -0.4 is 5.73 Å². The SMILES string of the molecule is CCC(N)C(C)Cc1cccc(F)c1Cl. The molecule has 1 aromatic carbocycles. The van der Waals surface area contributed by atoms with Gasteiger partial charge >= 0.3 is 0 Å². The van der Waals surface area contributed by atoms with Crippen LogP contribution in [0.25, 0.3) is 0 Å². The van der Waals surface area contributed by atoms with Crippen LogP contribution in [-0.4, -0.2) is 6.04 Å². The molecule has 2 atom stereocenters. The van der Waals surface area contributed by atoms with Gasteiger partial charge < -0.3 is 5.73 Å². The minimum atomic E-state index is -0.355. The summed E-state index contributed by atoms with van der Waals surface area (Å²) in [5.74, 6) is -0.0410. The van der Waals surface area contributed by atoms with Crippen LogP contribution in [0.15, 0.2) is 18.2 Å². The molecular formula is C12H17ClFN. The van der Waals surface area contributed by atoms with Gasteiger partial charge in [0.2, 0.25) is 0 Å². The lowest BCUT2D eigenvalue weighted by molar-refractivity contribution is 0.441. The Morgan fingerprint density at radius 1 is 1.47 bits per heavy atom. The summed E-state index contributed by atoms with van der Waals surface area (Å²) in [6, 6.07) is 5.05. The van der Waals surface area contributed by atoms with Crippen molar-refractivity contribution in [2.45, 2.75) is 32.7 Å². The van der Waals surface area contributed by atoms with E-state index in [1.54, 1.807) is 6.07 Å². The molecule has 0 saturated carbocycles. The molecule has 0 spiro atoms. The summed E-state index contributed by atoms with van der Waals surface area (Å²) in [6.07, 6.45) is 1.65. The van der Waals surface area contributed by atoms with E-state index in [1.807, 2.05) is 13.0 Å². The van der Waals surface area contributed by atoms with Gasteiger partial charge in [-0.05, 0) is 30.4 Å². The van der Waals surface area contributed by atoms with Crippen LogP contribution in [0.5, 0.6) is 0 Å². The lowest BCUT2D eigenvalue weighted by atomic mass is 9.93. The first-order chi connectivity index (χ1) is 7.06. The highest BCUT2D eigenvalue weighted by Crippen LogP contribution is 2.23.